The summed E-state index contributed by atoms with van der Waals surface area (Å²) in [4.78, 5) is 14.5. The lowest BCUT2D eigenvalue weighted by atomic mass is 10.0. The van der Waals surface area contributed by atoms with Gasteiger partial charge in [-0.3, -0.25) is 9.69 Å². The van der Waals surface area contributed by atoms with E-state index >= 15 is 0 Å². The van der Waals surface area contributed by atoms with Gasteiger partial charge in [0.2, 0.25) is 0 Å². The molecule has 0 saturated carbocycles. The third kappa shape index (κ3) is 3.64. The van der Waals surface area contributed by atoms with E-state index in [4.69, 9.17) is 4.74 Å². The first-order valence-electron chi connectivity index (χ1n) is 6.92. The van der Waals surface area contributed by atoms with E-state index in [0.29, 0.717) is 12.5 Å². The minimum absolute atomic E-state index is 0.223. The van der Waals surface area contributed by atoms with Gasteiger partial charge in [-0.15, -0.1) is 0 Å². The van der Waals surface area contributed by atoms with E-state index in [-0.39, 0.29) is 5.78 Å². The van der Waals surface area contributed by atoms with E-state index in [1.807, 2.05) is 18.2 Å². The van der Waals surface area contributed by atoms with Gasteiger partial charge in [0, 0.05) is 19.2 Å². The summed E-state index contributed by atoms with van der Waals surface area (Å²) in [6.45, 7) is 7.43. The molecule has 1 atom stereocenters. The number of likely N-dealkylation sites (tertiary alicyclic amines) is 1. The van der Waals surface area contributed by atoms with Gasteiger partial charge in [0.25, 0.3) is 0 Å². The van der Waals surface area contributed by atoms with Gasteiger partial charge in [-0.25, -0.2) is 0 Å². The van der Waals surface area contributed by atoms with Crippen molar-refractivity contribution in [3.8, 4) is 0 Å². The number of rotatable bonds is 5. The molecular formula is C16H23NO2. The van der Waals surface area contributed by atoms with Crippen LogP contribution in [0.2, 0.25) is 0 Å². The number of carbonyl (C=O) groups excluding carboxylic acids is 1. The first kappa shape index (κ1) is 14.2. The van der Waals surface area contributed by atoms with E-state index in [1.54, 1.807) is 7.11 Å². The maximum atomic E-state index is 12.3. The van der Waals surface area contributed by atoms with Crippen molar-refractivity contribution in [1.29, 1.82) is 0 Å². The van der Waals surface area contributed by atoms with Crippen molar-refractivity contribution >= 4 is 5.78 Å². The van der Waals surface area contributed by atoms with Crippen molar-refractivity contribution in [2.75, 3.05) is 33.4 Å². The molecule has 0 radical (unpaired) electrons. The molecule has 0 amide bonds. The molecule has 1 heterocycles. The van der Waals surface area contributed by atoms with Crippen LogP contribution in [0, 0.1) is 19.8 Å². The number of aryl methyl sites for hydroxylation is 2. The van der Waals surface area contributed by atoms with Gasteiger partial charge in [-0.2, -0.15) is 0 Å². The van der Waals surface area contributed by atoms with E-state index in [2.05, 4.69) is 18.7 Å². The Hall–Kier alpha value is -1.19. The number of carbonyl (C=O) groups is 1. The van der Waals surface area contributed by atoms with Crippen LogP contribution in [0.1, 0.15) is 27.9 Å². The minimum atomic E-state index is 0.223. The zero-order chi connectivity index (χ0) is 13.8. The highest BCUT2D eigenvalue weighted by Gasteiger charge is 2.24. The molecule has 1 aromatic carbocycles. The van der Waals surface area contributed by atoms with Crippen LogP contribution in [0.5, 0.6) is 0 Å². The highest BCUT2D eigenvalue weighted by molar-refractivity contribution is 5.97. The molecule has 3 nitrogen and oxygen atoms in total. The number of hydrogen-bond acceptors (Lipinski definition) is 3. The molecule has 1 saturated heterocycles. The normalized spacial score (nSPS) is 19.8. The zero-order valence-corrected chi connectivity index (χ0v) is 12.1. The summed E-state index contributed by atoms with van der Waals surface area (Å²) in [5, 5.41) is 0. The van der Waals surface area contributed by atoms with Gasteiger partial charge in [0.05, 0.1) is 13.2 Å². The zero-order valence-electron chi connectivity index (χ0n) is 12.1. The summed E-state index contributed by atoms with van der Waals surface area (Å²) < 4.78 is 5.18. The minimum Gasteiger partial charge on any atom is -0.384 e. The average Bonchev–Trinajstić information content (AvgIpc) is 2.80. The number of hydrogen-bond donors (Lipinski definition) is 0. The molecule has 19 heavy (non-hydrogen) atoms. The Balaban J connectivity index is 1.92. The number of methoxy groups -OCH3 is 1. The van der Waals surface area contributed by atoms with Crippen molar-refractivity contribution in [2.45, 2.75) is 20.3 Å². The van der Waals surface area contributed by atoms with Gasteiger partial charge in [0.15, 0.2) is 5.78 Å². The Morgan fingerprint density at radius 3 is 2.84 bits per heavy atom. The Kier molecular flexibility index (Phi) is 4.72. The number of ketones is 1. The summed E-state index contributed by atoms with van der Waals surface area (Å²) >= 11 is 0. The SMILES string of the molecule is COCC1CCN(CC(=O)c2ccc(C)c(C)c2)C1. The number of ether oxygens (including phenoxy) is 1. The molecule has 3 heteroatoms. The topological polar surface area (TPSA) is 29.5 Å². The van der Waals surface area contributed by atoms with Crippen LogP contribution in [0.15, 0.2) is 18.2 Å². The highest BCUT2D eigenvalue weighted by atomic mass is 16.5. The molecule has 0 bridgehead atoms. The predicted octanol–water partition coefficient (Wildman–Crippen LogP) is 2.45. The molecule has 0 N–H and O–H groups in total. The largest absolute Gasteiger partial charge is 0.384 e. The molecule has 1 unspecified atom stereocenters. The first-order chi connectivity index (χ1) is 9.10. The summed E-state index contributed by atoms with van der Waals surface area (Å²) in [5.74, 6) is 0.804. The molecular weight excluding hydrogens is 238 g/mol. The molecule has 1 fully saturated rings. The molecule has 0 aromatic heterocycles. The van der Waals surface area contributed by atoms with Crippen LogP contribution < -0.4 is 0 Å². The van der Waals surface area contributed by atoms with Gasteiger partial charge < -0.3 is 4.74 Å². The lowest BCUT2D eigenvalue weighted by Crippen LogP contribution is -2.28. The number of benzene rings is 1. The second-order valence-electron chi connectivity index (χ2n) is 5.57. The maximum absolute atomic E-state index is 12.3. The fraction of sp³-hybridized carbons (Fsp3) is 0.562. The first-order valence-corrected chi connectivity index (χ1v) is 6.92. The smallest absolute Gasteiger partial charge is 0.176 e. The molecule has 0 spiro atoms. The summed E-state index contributed by atoms with van der Waals surface area (Å²) in [6.07, 6.45) is 1.13. The number of nitrogens with zero attached hydrogens (tertiary/aromatic N) is 1. The van der Waals surface area contributed by atoms with Crippen LogP contribution in [0.25, 0.3) is 0 Å². The van der Waals surface area contributed by atoms with Crippen LogP contribution in [0.3, 0.4) is 0 Å². The van der Waals surface area contributed by atoms with Crippen molar-refractivity contribution in [3.63, 3.8) is 0 Å². The molecule has 104 valence electrons. The Morgan fingerprint density at radius 1 is 1.37 bits per heavy atom. The van der Waals surface area contributed by atoms with Crippen molar-refractivity contribution in [2.24, 2.45) is 5.92 Å². The third-order valence-electron chi connectivity index (χ3n) is 3.97. The molecule has 1 aliphatic heterocycles. The Morgan fingerprint density at radius 2 is 2.16 bits per heavy atom. The number of Topliss-reactive ketones (excluding diaryl/α,β-unsaturated/α-hetero) is 1. The van der Waals surface area contributed by atoms with E-state index < -0.39 is 0 Å². The molecule has 2 rings (SSSR count). The lowest BCUT2D eigenvalue weighted by Gasteiger charge is -2.15. The van der Waals surface area contributed by atoms with Crippen LogP contribution in [-0.2, 0) is 4.74 Å². The molecule has 0 aliphatic carbocycles. The summed E-state index contributed by atoms with van der Waals surface area (Å²) in [5.41, 5.74) is 3.25. The average molecular weight is 261 g/mol. The molecule has 1 aliphatic rings. The quantitative estimate of drug-likeness (QED) is 0.763. The van der Waals surface area contributed by atoms with E-state index in [1.165, 1.54) is 11.1 Å². The van der Waals surface area contributed by atoms with Crippen LogP contribution in [0.4, 0.5) is 0 Å². The van der Waals surface area contributed by atoms with E-state index in [0.717, 1.165) is 31.7 Å². The standard InChI is InChI=1S/C16H23NO2/c1-12-4-5-15(8-13(12)2)16(18)10-17-7-6-14(9-17)11-19-3/h4-5,8,14H,6-7,9-11H2,1-3H3. The Labute approximate surface area is 115 Å². The van der Waals surface area contributed by atoms with E-state index in [9.17, 15) is 4.79 Å². The Bertz CT molecular complexity index is 456. The van der Waals surface area contributed by atoms with Crippen molar-refractivity contribution < 1.29 is 9.53 Å². The fourth-order valence-corrected chi connectivity index (χ4v) is 2.64. The monoisotopic (exact) mass is 261 g/mol. The van der Waals surface area contributed by atoms with Crippen molar-refractivity contribution in [1.82, 2.24) is 4.90 Å². The van der Waals surface area contributed by atoms with Crippen molar-refractivity contribution in [3.05, 3.63) is 34.9 Å². The van der Waals surface area contributed by atoms with Gasteiger partial charge >= 0.3 is 0 Å². The van der Waals surface area contributed by atoms with Gasteiger partial charge in [-0.1, -0.05) is 12.1 Å². The second kappa shape index (κ2) is 6.31. The molecule has 1 aromatic rings. The van der Waals surface area contributed by atoms with Crippen LogP contribution in [-0.4, -0.2) is 44.0 Å². The fourth-order valence-electron chi connectivity index (χ4n) is 2.64. The predicted molar refractivity (Wildman–Crippen MR) is 76.7 cm³/mol. The maximum Gasteiger partial charge on any atom is 0.176 e. The lowest BCUT2D eigenvalue weighted by molar-refractivity contribution is 0.0937. The third-order valence-corrected chi connectivity index (χ3v) is 3.97. The highest BCUT2D eigenvalue weighted by Crippen LogP contribution is 2.17. The van der Waals surface area contributed by atoms with Crippen LogP contribution >= 0.6 is 0 Å². The summed E-state index contributed by atoms with van der Waals surface area (Å²) in [7, 11) is 1.74. The van der Waals surface area contributed by atoms with Gasteiger partial charge in [0.1, 0.15) is 0 Å². The van der Waals surface area contributed by atoms with Gasteiger partial charge in [-0.05, 0) is 49.9 Å². The summed E-state index contributed by atoms with van der Waals surface area (Å²) in [6, 6.07) is 5.97. The second-order valence-corrected chi connectivity index (χ2v) is 5.57.